The summed E-state index contributed by atoms with van der Waals surface area (Å²) in [6.07, 6.45) is 1.07. The van der Waals surface area contributed by atoms with E-state index in [1.807, 2.05) is 0 Å². The van der Waals surface area contributed by atoms with Gasteiger partial charge < -0.3 is 15.5 Å². The number of nitrogens with two attached hydrogens (primary N) is 1. The molecule has 1 rings (SSSR count). The summed E-state index contributed by atoms with van der Waals surface area (Å²) in [5, 5.41) is 0. The summed E-state index contributed by atoms with van der Waals surface area (Å²) in [5.41, 5.74) is 8.55. The molecule has 19 heavy (non-hydrogen) atoms. The first-order valence-corrected chi connectivity index (χ1v) is 7.29. The van der Waals surface area contributed by atoms with E-state index in [4.69, 9.17) is 5.73 Å². The van der Waals surface area contributed by atoms with Gasteiger partial charge >= 0.3 is 0 Å². The Balaban J connectivity index is 2.60. The molecule has 0 aliphatic carbocycles. The molecule has 3 heteroatoms. The number of rotatable bonds is 8. The number of nitrogens with zero attached hydrogens (tertiary/aromatic N) is 2. The SMILES string of the molecule is CCN(CC)CC(CN)Cc1ccc(N(C)C)cc1. The second kappa shape index (κ2) is 8.18. The number of anilines is 1. The lowest BCUT2D eigenvalue weighted by Crippen LogP contribution is -2.33. The fraction of sp³-hybridized carbons (Fsp3) is 0.625. The second-order valence-electron chi connectivity index (χ2n) is 5.35. The Morgan fingerprint density at radius 2 is 1.63 bits per heavy atom. The van der Waals surface area contributed by atoms with Gasteiger partial charge in [0, 0.05) is 26.3 Å². The molecule has 0 heterocycles. The van der Waals surface area contributed by atoms with Gasteiger partial charge in [-0.25, -0.2) is 0 Å². The van der Waals surface area contributed by atoms with Gasteiger partial charge in [0.15, 0.2) is 0 Å². The van der Waals surface area contributed by atoms with Crippen LogP contribution in [-0.4, -0.2) is 45.2 Å². The van der Waals surface area contributed by atoms with Gasteiger partial charge in [0.25, 0.3) is 0 Å². The Labute approximate surface area is 118 Å². The number of hydrogen-bond acceptors (Lipinski definition) is 3. The van der Waals surface area contributed by atoms with Crippen LogP contribution < -0.4 is 10.6 Å². The Morgan fingerprint density at radius 3 is 2.05 bits per heavy atom. The highest BCUT2D eigenvalue weighted by molar-refractivity contribution is 5.46. The van der Waals surface area contributed by atoms with Crippen molar-refractivity contribution in [3.63, 3.8) is 0 Å². The highest BCUT2D eigenvalue weighted by Crippen LogP contribution is 2.15. The van der Waals surface area contributed by atoms with Gasteiger partial charge in [0.05, 0.1) is 0 Å². The molecular weight excluding hydrogens is 234 g/mol. The smallest absolute Gasteiger partial charge is 0.0361 e. The third-order valence-corrected chi connectivity index (χ3v) is 3.72. The van der Waals surface area contributed by atoms with Gasteiger partial charge in [-0.2, -0.15) is 0 Å². The van der Waals surface area contributed by atoms with Crippen molar-refractivity contribution in [2.24, 2.45) is 11.7 Å². The maximum absolute atomic E-state index is 5.92. The van der Waals surface area contributed by atoms with Crippen LogP contribution in [0.1, 0.15) is 19.4 Å². The van der Waals surface area contributed by atoms with Crippen molar-refractivity contribution in [2.75, 3.05) is 45.2 Å². The van der Waals surface area contributed by atoms with E-state index >= 15 is 0 Å². The molecule has 0 saturated heterocycles. The lowest BCUT2D eigenvalue weighted by Gasteiger charge is -2.24. The molecule has 1 atom stereocenters. The first-order chi connectivity index (χ1) is 9.10. The van der Waals surface area contributed by atoms with Gasteiger partial charge in [-0.3, -0.25) is 0 Å². The Kier molecular flexibility index (Phi) is 6.89. The van der Waals surface area contributed by atoms with E-state index in [2.05, 4.69) is 62.0 Å². The zero-order valence-corrected chi connectivity index (χ0v) is 12.9. The standard InChI is InChI=1S/C16H29N3/c1-5-19(6-2)13-15(12-17)11-14-7-9-16(10-8-14)18(3)4/h7-10,15H,5-6,11-13,17H2,1-4H3. The third-order valence-electron chi connectivity index (χ3n) is 3.72. The molecule has 0 fully saturated rings. The zero-order valence-electron chi connectivity index (χ0n) is 12.9. The molecule has 0 radical (unpaired) electrons. The van der Waals surface area contributed by atoms with Crippen LogP contribution in [0.4, 0.5) is 5.69 Å². The van der Waals surface area contributed by atoms with Crippen LogP contribution in [0.2, 0.25) is 0 Å². The van der Waals surface area contributed by atoms with Crippen molar-refractivity contribution in [3.8, 4) is 0 Å². The molecule has 0 aliphatic rings. The fourth-order valence-electron chi connectivity index (χ4n) is 2.33. The third kappa shape index (κ3) is 5.21. The van der Waals surface area contributed by atoms with Gasteiger partial charge in [0.1, 0.15) is 0 Å². The van der Waals surface area contributed by atoms with E-state index in [-0.39, 0.29) is 0 Å². The Hall–Kier alpha value is -1.06. The van der Waals surface area contributed by atoms with Crippen LogP contribution in [0.25, 0.3) is 0 Å². The average molecular weight is 263 g/mol. The largest absolute Gasteiger partial charge is 0.378 e. The highest BCUT2D eigenvalue weighted by atomic mass is 15.1. The lowest BCUT2D eigenvalue weighted by atomic mass is 9.98. The van der Waals surface area contributed by atoms with Crippen LogP contribution in [0.3, 0.4) is 0 Å². The first kappa shape index (κ1) is 16.0. The van der Waals surface area contributed by atoms with E-state index < -0.39 is 0 Å². The van der Waals surface area contributed by atoms with E-state index in [0.29, 0.717) is 5.92 Å². The summed E-state index contributed by atoms with van der Waals surface area (Å²) in [4.78, 5) is 4.58. The van der Waals surface area contributed by atoms with Crippen molar-refractivity contribution in [1.82, 2.24) is 4.90 Å². The lowest BCUT2D eigenvalue weighted by molar-refractivity contribution is 0.254. The molecule has 108 valence electrons. The molecule has 1 aromatic rings. The quantitative estimate of drug-likeness (QED) is 0.780. The topological polar surface area (TPSA) is 32.5 Å². The minimum Gasteiger partial charge on any atom is -0.378 e. The van der Waals surface area contributed by atoms with Crippen molar-refractivity contribution in [2.45, 2.75) is 20.3 Å². The minimum atomic E-state index is 0.546. The molecule has 0 bridgehead atoms. The van der Waals surface area contributed by atoms with Gasteiger partial charge in [-0.15, -0.1) is 0 Å². The zero-order chi connectivity index (χ0) is 14.3. The molecule has 0 aromatic heterocycles. The van der Waals surface area contributed by atoms with Crippen LogP contribution in [0.15, 0.2) is 24.3 Å². The Bertz CT molecular complexity index is 342. The molecule has 3 nitrogen and oxygen atoms in total. The van der Waals surface area contributed by atoms with Crippen LogP contribution in [0.5, 0.6) is 0 Å². The molecule has 0 amide bonds. The molecule has 1 unspecified atom stereocenters. The maximum Gasteiger partial charge on any atom is 0.0361 e. The predicted octanol–water partition coefficient (Wildman–Crippen LogP) is 2.21. The molecule has 0 saturated carbocycles. The minimum absolute atomic E-state index is 0.546. The monoisotopic (exact) mass is 263 g/mol. The summed E-state index contributed by atoms with van der Waals surface area (Å²) < 4.78 is 0. The average Bonchev–Trinajstić information content (AvgIpc) is 2.43. The fourth-order valence-corrected chi connectivity index (χ4v) is 2.33. The summed E-state index contributed by atoms with van der Waals surface area (Å²) >= 11 is 0. The summed E-state index contributed by atoms with van der Waals surface area (Å²) in [5.74, 6) is 0.546. The van der Waals surface area contributed by atoms with Crippen LogP contribution >= 0.6 is 0 Å². The van der Waals surface area contributed by atoms with Crippen molar-refractivity contribution >= 4 is 5.69 Å². The van der Waals surface area contributed by atoms with E-state index in [0.717, 1.165) is 32.6 Å². The van der Waals surface area contributed by atoms with Crippen LogP contribution in [0, 0.1) is 5.92 Å². The van der Waals surface area contributed by atoms with Crippen molar-refractivity contribution in [3.05, 3.63) is 29.8 Å². The number of hydrogen-bond donors (Lipinski definition) is 1. The molecule has 1 aromatic carbocycles. The molecule has 2 N–H and O–H groups in total. The molecule has 0 aliphatic heterocycles. The first-order valence-electron chi connectivity index (χ1n) is 7.29. The van der Waals surface area contributed by atoms with Crippen molar-refractivity contribution < 1.29 is 0 Å². The van der Waals surface area contributed by atoms with Gasteiger partial charge in [0.2, 0.25) is 0 Å². The van der Waals surface area contributed by atoms with Crippen LogP contribution in [-0.2, 0) is 6.42 Å². The highest BCUT2D eigenvalue weighted by Gasteiger charge is 2.11. The predicted molar refractivity (Wildman–Crippen MR) is 84.8 cm³/mol. The van der Waals surface area contributed by atoms with E-state index in [1.54, 1.807) is 0 Å². The second-order valence-corrected chi connectivity index (χ2v) is 5.35. The normalized spacial score (nSPS) is 12.7. The van der Waals surface area contributed by atoms with E-state index in [1.165, 1.54) is 11.3 Å². The number of benzene rings is 1. The summed E-state index contributed by atoms with van der Waals surface area (Å²) in [7, 11) is 4.14. The van der Waals surface area contributed by atoms with Crippen molar-refractivity contribution in [1.29, 1.82) is 0 Å². The van der Waals surface area contributed by atoms with Gasteiger partial charge in [-0.1, -0.05) is 26.0 Å². The van der Waals surface area contributed by atoms with Gasteiger partial charge in [-0.05, 0) is 49.7 Å². The Morgan fingerprint density at radius 1 is 1.05 bits per heavy atom. The van der Waals surface area contributed by atoms with E-state index in [9.17, 15) is 0 Å². The molecule has 0 spiro atoms. The summed E-state index contributed by atoms with van der Waals surface area (Å²) in [6, 6.07) is 8.81. The maximum atomic E-state index is 5.92. The molecular formula is C16H29N3. The summed E-state index contributed by atoms with van der Waals surface area (Å²) in [6.45, 7) is 8.48.